The average molecular weight is 257 g/mol. The number of methoxy groups -OCH3 is 2. The molecular formula is C14H27NO3. The first-order valence-corrected chi connectivity index (χ1v) is 7.11. The second-order valence-corrected chi connectivity index (χ2v) is 5.04. The molecule has 0 saturated heterocycles. The molecule has 0 aromatic heterocycles. The molecule has 1 fully saturated rings. The van der Waals surface area contributed by atoms with E-state index in [0.29, 0.717) is 5.71 Å². The molecule has 1 rings (SSSR count). The minimum Gasteiger partial charge on any atom is -0.411 e. The lowest BCUT2D eigenvalue weighted by Crippen LogP contribution is -2.43. The monoisotopic (exact) mass is 257 g/mol. The highest BCUT2D eigenvalue weighted by Gasteiger charge is 2.35. The summed E-state index contributed by atoms with van der Waals surface area (Å²) in [5.74, 6) is -0.825. The Bertz CT molecular complexity index is 249. The van der Waals surface area contributed by atoms with Crippen LogP contribution in [0.2, 0.25) is 0 Å². The van der Waals surface area contributed by atoms with Gasteiger partial charge in [0.2, 0.25) is 5.79 Å². The predicted octanol–water partition coefficient (Wildman–Crippen LogP) is 3.72. The maximum absolute atomic E-state index is 9.22. The van der Waals surface area contributed by atoms with Crippen molar-refractivity contribution in [3.05, 3.63) is 0 Å². The number of ether oxygens (including phenoxy) is 2. The van der Waals surface area contributed by atoms with Crippen LogP contribution in [0.1, 0.15) is 64.2 Å². The molecule has 0 amide bonds. The summed E-state index contributed by atoms with van der Waals surface area (Å²) in [6, 6.07) is 0. The molecule has 0 radical (unpaired) electrons. The van der Waals surface area contributed by atoms with Crippen molar-refractivity contribution in [2.24, 2.45) is 5.16 Å². The van der Waals surface area contributed by atoms with Crippen LogP contribution >= 0.6 is 0 Å². The molecule has 1 saturated carbocycles. The molecule has 0 atom stereocenters. The Balaban J connectivity index is 2.72. The van der Waals surface area contributed by atoms with Crippen LogP contribution < -0.4 is 0 Å². The summed E-state index contributed by atoms with van der Waals surface area (Å²) < 4.78 is 11.0. The maximum Gasteiger partial charge on any atom is 0.211 e. The highest BCUT2D eigenvalue weighted by Crippen LogP contribution is 2.26. The van der Waals surface area contributed by atoms with Crippen LogP contribution in [-0.2, 0) is 9.47 Å². The molecule has 0 aliphatic heterocycles. The molecule has 18 heavy (non-hydrogen) atoms. The first-order chi connectivity index (χ1) is 8.79. The Hall–Kier alpha value is -0.610. The summed E-state index contributed by atoms with van der Waals surface area (Å²) in [4.78, 5) is 0. The van der Waals surface area contributed by atoms with E-state index < -0.39 is 5.79 Å². The summed E-state index contributed by atoms with van der Waals surface area (Å²) in [6.45, 7) is 0. The molecule has 0 aromatic rings. The number of nitrogens with zero attached hydrogens (tertiary/aromatic N) is 1. The first kappa shape index (κ1) is 15.4. The summed E-state index contributed by atoms with van der Waals surface area (Å²) in [5, 5.41) is 12.7. The zero-order valence-corrected chi connectivity index (χ0v) is 11.8. The van der Waals surface area contributed by atoms with Gasteiger partial charge in [-0.2, -0.15) is 0 Å². The van der Waals surface area contributed by atoms with E-state index >= 15 is 0 Å². The molecule has 106 valence electrons. The lowest BCUT2D eigenvalue weighted by Gasteiger charge is -2.31. The summed E-state index contributed by atoms with van der Waals surface area (Å²) in [7, 11) is 3.25. The number of hydrogen-bond donors (Lipinski definition) is 1. The van der Waals surface area contributed by atoms with E-state index in [-0.39, 0.29) is 0 Å². The molecule has 0 heterocycles. The van der Waals surface area contributed by atoms with E-state index in [1.807, 2.05) is 0 Å². The van der Waals surface area contributed by atoms with Crippen molar-refractivity contribution in [3.8, 4) is 0 Å². The zero-order valence-electron chi connectivity index (χ0n) is 11.8. The molecule has 1 N–H and O–H groups in total. The van der Waals surface area contributed by atoms with Gasteiger partial charge in [0.05, 0.1) is 0 Å². The molecular weight excluding hydrogens is 230 g/mol. The van der Waals surface area contributed by atoms with Gasteiger partial charge in [-0.05, 0) is 19.3 Å². The molecule has 1 aliphatic carbocycles. The second kappa shape index (κ2) is 8.48. The van der Waals surface area contributed by atoms with Crippen LogP contribution in [0.4, 0.5) is 0 Å². The normalized spacial score (nSPS) is 25.3. The molecule has 1 aliphatic rings. The smallest absolute Gasteiger partial charge is 0.211 e. The van der Waals surface area contributed by atoms with Crippen LogP contribution in [0.15, 0.2) is 5.16 Å². The predicted molar refractivity (Wildman–Crippen MR) is 72.1 cm³/mol. The lowest BCUT2D eigenvalue weighted by molar-refractivity contribution is -0.161. The standard InChI is InChI=1S/C14H27NO3/c1-17-14(18-2)12-10-8-6-4-3-5-7-9-11-13(14)15-16/h16H,3-12H2,1-2H3/b15-13+. The molecule has 4 nitrogen and oxygen atoms in total. The summed E-state index contributed by atoms with van der Waals surface area (Å²) in [6.07, 6.45) is 11.2. The molecule has 0 bridgehead atoms. The quantitative estimate of drug-likeness (QED) is 0.466. The minimum absolute atomic E-state index is 0.632. The summed E-state index contributed by atoms with van der Waals surface area (Å²) >= 11 is 0. The van der Waals surface area contributed by atoms with Crippen LogP contribution in [0, 0.1) is 0 Å². The van der Waals surface area contributed by atoms with Gasteiger partial charge in [-0.25, -0.2) is 0 Å². The van der Waals surface area contributed by atoms with Crippen molar-refractivity contribution in [1.29, 1.82) is 0 Å². The van der Waals surface area contributed by atoms with E-state index in [1.165, 1.54) is 38.5 Å². The third-order valence-electron chi connectivity index (χ3n) is 3.89. The van der Waals surface area contributed by atoms with E-state index in [0.717, 1.165) is 25.7 Å². The van der Waals surface area contributed by atoms with Gasteiger partial charge in [-0.3, -0.25) is 0 Å². The van der Waals surface area contributed by atoms with Gasteiger partial charge in [0.15, 0.2) is 0 Å². The summed E-state index contributed by atoms with van der Waals surface area (Å²) in [5.41, 5.74) is 0.632. The Kier molecular flexibility index (Phi) is 7.28. The number of oxime groups is 1. The Morgan fingerprint density at radius 3 is 1.89 bits per heavy atom. The Morgan fingerprint density at radius 2 is 1.39 bits per heavy atom. The average Bonchev–Trinajstić information content (AvgIpc) is 2.40. The van der Waals surface area contributed by atoms with Crippen molar-refractivity contribution in [2.45, 2.75) is 70.0 Å². The van der Waals surface area contributed by atoms with E-state index in [4.69, 9.17) is 9.47 Å². The van der Waals surface area contributed by atoms with Crippen molar-refractivity contribution in [3.63, 3.8) is 0 Å². The van der Waals surface area contributed by atoms with Crippen LogP contribution in [0.5, 0.6) is 0 Å². The Morgan fingerprint density at radius 1 is 0.889 bits per heavy atom. The molecule has 0 unspecified atom stereocenters. The van der Waals surface area contributed by atoms with Crippen molar-refractivity contribution < 1.29 is 14.7 Å². The van der Waals surface area contributed by atoms with E-state index in [2.05, 4.69) is 5.16 Å². The van der Waals surface area contributed by atoms with Gasteiger partial charge < -0.3 is 14.7 Å². The Labute approximate surface area is 110 Å². The van der Waals surface area contributed by atoms with E-state index in [1.54, 1.807) is 14.2 Å². The van der Waals surface area contributed by atoms with Crippen molar-refractivity contribution in [2.75, 3.05) is 14.2 Å². The fourth-order valence-corrected chi connectivity index (χ4v) is 2.69. The third kappa shape index (κ3) is 4.25. The minimum atomic E-state index is -0.825. The fraction of sp³-hybridized carbons (Fsp3) is 0.929. The van der Waals surface area contributed by atoms with Gasteiger partial charge >= 0.3 is 0 Å². The number of rotatable bonds is 2. The highest BCUT2D eigenvalue weighted by molar-refractivity contribution is 5.90. The van der Waals surface area contributed by atoms with Gasteiger partial charge in [0, 0.05) is 20.6 Å². The van der Waals surface area contributed by atoms with E-state index in [9.17, 15) is 5.21 Å². The molecule has 0 aromatic carbocycles. The van der Waals surface area contributed by atoms with Gasteiger partial charge in [0.25, 0.3) is 0 Å². The van der Waals surface area contributed by atoms with Crippen LogP contribution in [0.3, 0.4) is 0 Å². The molecule has 0 spiro atoms. The maximum atomic E-state index is 9.22. The SMILES string of the molecule is COC1(OC)CCCCCCCCCC/C1=N\O. The van der Waals surface area contributed by atoms with Gasteiger partial charge in [0.1, 0.15) is 5.71 Å². The highest BCUT2D eigenvalue weighted by atomic mass is 16.7. The second-order valence-electron chi connectivity index (χ2n) is 5.04. The third-order valence-corrected chi connectivity index (χ3v) is 3.89. The van der Waals surface area contributed by atoms with Crippen molar-refractivity contribution in [1.82, 2.24) is 0 Å². The topological polar surface area (TPSA) is 51.0 Å². The lowest BCUT2D eigenvalue weighted by atomic mass is 9.95. The van der Waals surface area contributed by atoms with Crippen LogP contribution in [-0.4, -0.2) is 30.9 Å². The largest absolute Gasteiger partial charge is 0.411 e. The van der Waals surface area contributed by atoms with Gasteiger partial charge in [-0.15, -0.1) is 0 Å². The molecule has 4 heteroatoms. The first-order valence-electron chi connectivity index (χ1n) is 7.11. The van der Waals surface area contributed by atoms with Gasteiger partial charge in [-0.1, -0.05) is 43.7 Å². The van der Waals surface area contributed by atoms with Crippen molar-refractivity contribution >= 4 is 5.71 Å². The van der Waals surface area contributed by atoms with Crippen LogP contribution in [0.25, 0.3) is 0 Å². The fourth-order valence-electron chi connectivity index (χ4n) is 2.69. The zero-order chi connectivity index (χ0) is 13.3. The number of hydrogen-bond acceptors (Lipinski definition) is 4.